The molecule has 0 saturated carbocycles. The predicted molar refractivity (Wildman–Crippen MR) is 111 cm³/mol. The third kappa shape index (κ3) is 4.36. The summed E-state index contributed by atoms with van der Waals surface area (Å²) in [6, 6.07) is 11.3. The number of amidine groups is 1. The summed E-state index contributed by atoms with van der Waals surface area (Å²) in [5, 5.41) is 0.525. The molecule has 0 bridgehead atoms. The molecule has 1 saturated heterocycles. The molecule has 28 heavy (non-hydrogen) atoms. The Bertz CT molecular complexity index is 939. The number of amides is 1. The summed E-state index contributed by atoms with van der Waals surface area (Å²) in [5.74, 6) is 0.701. The van der Waals surface area contributed by atoms with E-state index in [1.807, 2.05) is 32.0 Å². The van der Waals surface area contributed by atoms with Gasteiger partial charge < -0.3 is 9.47 Å². The fourth-order valence-electron chi connectivity index (χ4n) is 2.59. The molecule has 0 N–H and O–H groups in total. The molecule has 0 atom stereocenters. The van der Waals surface area contributed by atoms with Gasteiger partial charge in [-0.25, -0.2) is 9.38 Å². The summed E-state index contributed by atoms with van der Waals surface area (Å²) in [7, 11) is 3.24. The molecule has 1 amide bonds. The molecule has 0 unspecified atom stereocenters. The van der Waals surface area contributed by atoms with Crippen LogP contribution in [0.3, 0.4) is 0 Å². The highest BCUT2D eigenvalue weighted by atomic mass is 32.2. The molecule has 1 aliphatic rings. The average Bonchev–Trinajstić information content (AvgIpc) is 2.92. The van der Waals surface area contributed by atoms with Crippen LogP contribution in [-0.2, 0) is 4.79 Å². The van der Waals surface area contributed by atoms with Gasteiger partial charge in [-0.2, -0.15) is 0 Å². The molecule has 0 aliphatic carbocycles. The first-order valence-corrected chi connectivity index (χ1v) is 9.56. The highest BCUT2D eigenvalue weighted by Crippen LogP contribution is 2.38. The zero-order valence-electron chi connectivity index (χ0n) is 16.1. The van der Waals surface area contributed by atoms with Crippen molar-refractivity contribution in [2.24, 2.45) is 4.99 Å². The monoisotopic (exact) mass is 400 g/mol. The van der Waals surface area contributed by atoms with Crippen molar-refractivity contribution in [1.29, 1.82) is 0 Å². The number of hydrogen-bond donors (Lipinski definition) is 0. The number of nitrogens with zero attached hydrogens (tertiary/aromatic N) is 2. The lowest BCUT2D eigenvalue weighted by Gasteiger charge is -2.16. The van der Waals surface area contributed by atoms with E-state index >= 15 is 0 Å². The van der Waals surface area contributed by atoms with E-state index in [9.17, 15) is 9.18 Å². The molecule has 1 aliphatic heterocycles. The maximum atomic E-state index is 13.1. The van der Waals surface area contributed by atoms with Gasteiger partial charge in [0, 0.05) is 12.6 Å². The van der Waals surface area contributed by atoms with E-state index in [-0.39, 0.29) is 17.8 Å². The molecule has 3 rings (SSSR count). The molecule has 1 heterocycles. The molecule has 0 spiro atoms. The lowest BCUT2D eigenvalue weighted by molar-refractivity contribution is -0.121. The highest BCUT2D eigenvalue weighted by Gasteiger charge is 2.30. The number of thioether (sulfide) groups is 1. The summed E-state index contributed by atoms with van der Waals surface area (Å²) in [5.41, 5.74) is 1.33. The number of ether oxygens (including phenoxy) is 2. The average molecular weight is 400 g/mol. The van der Waals surface area contributed by atoms with Gasteiger partial charge in [-0.15, -0.1) is 0 Å². The van der Waals surface area contributed by atoms with Gasteiger partial charge in [0.05, 0.1) is 23.8 Å². The topological polar surface area (TPSA) is 51.1 Å². The van der Waals surface area contributed by atoms with Crippen molar-refractivity contribution in [3.8, 4) is 11.5 Å². The SMILES string of the molecule is COc1cccc(/C=C2\SC(=Nc3ccc(F)cc3)N(C)C2=O)c1OC(C)C. The van der Waals surface area contributed by atoms with Crippen LogP contribution in [0.1, 0.15) is 19.4 Å². The number of para-hydroxylation sites is 1. The second kappa shape index (κ2) is 8.48. The lowest BCUT2D eigenvalue weighted by atomic mass is 10.1. The fourth-order valence-corrected chi connectivity index (χ4v) is 3.57. The van der Waals surface area contributed by atoms with Crippen molar-refractivity contribution in [2.45, 2.75) is 20.0 Å². The molecule has 0 aromatic heterocycles. The number of hydrogen-bond acceptors (Lipinski definition) is 5. The van der Waals surface area contributed by atoms with Gasteiger partial charge in [0.25, 0.3) is 5.91 Å². The summed E-state index contributed by atoms with van der Waals surface area (Å²) in [4.78, 5) is 19.1. The normalized spacial score (nSPS) is 17.1. The molecule has 5 nitrogen and oxygen atoms in total. The number of benzene rings is 2. The first-order chi connectivity index (χ1) is 13.4. The van der Waals surface area contributed by atoms with Crippen molar-refractivity contribution in [2.75, 3.05) is 14.2 Å². The van der Waals surface area contributed by atoms with Crippen LogP contribution in [0.15, 0.2) is 52.4 Å². The Hall–Kier alpha value is -2.80. The quantitative estimate of drug-likeness (QED) is 0.673. The van der Waals surface area contributed by atoms with Crippen molar-refractivity contribution >= 4 is 34.6 Å². The third-order valence-electron chi connectivity index (χ3n) is 3.92. The zero-order valence-corrected chi connectivity index (χ0v) is 16.9. The zero-order chi connectivity index (χ0) is 20.3. The van der Waals surface area contributed by atoms with E-state index in [0.29, 0.717) is 27.3 Å². The van der Waals surface area contributed by atoms with Crippen LogP contribution in [0, 0.1) is 5.82 Å². The second-order valence-electron chi connectivity index (χ2n) is 6.39. The van der Waals surface area contributed by atoms with Crippen molar-refractivity contribution in [1.82, 2.24) is 4.90 Å². The maximum absolute atomic E-state index is 13.1. The van der Waals surface area contributed by atoms with Crippen LogP contribution in [0.5, 0.6) is 11.5 Å². The molecule has 2 aromatic carbocycles. The Morgan fingerprint density at radius 3 is 2.54 bits per heavy atom. The van der Waals surface area contributed by atoms with Crippen molar-refractivity contribution < 1.29 is 18.7 Å². The van der Waals surface area contributed by atoms with Gasteiger partial charge in [0.1, 0.15) is 5.82 Å². The second-order valence-corrected chi connectivity index (χ2v) is 7.40. The van der Waals surface area contributed by atoms with E-state index in [1.54, 1.807) is 32.4 Å². The predicted octanol–water partition coefficient (Wildman–Crippen LogP) is 4.86. The van der Waals surface area contributed by atoms with E-state index in [4.69, 9.17) is 9.47 Å². The summed E-state index contributed by atoms with van der Waals surface area (Å²) >= 11 is 1.26. The van der Waals surface area contributed by atoms with Crippen LogP contribution in [0.25, 0.3) is 6.08 Å². The summed E-state index contributed by atoms with van der Waals surface area (Å²) < 4.78 is 24.4. The van der Waals surface area contributed by atoms with Crippen LogP contribution in [-0.4, -0.2) is 36.2 Å². The number of carbonyl (C=O) groups is 1. The Kier molecular flexibility index (Phi) is 6.04. The van der Waals surface area contributed by atoms with Crippen LogP contribution in [0.2, 0.25) is 0 Å². The van der Waals surface area contributed by atoms with Gasteiger partial charge >= 0.3 is 0 Å². The molecule has 1 fully saturated rings. The number of aliphatic imine (C=N–C) groups is 1. The first-order valence-electron chi connectivity index (χ1n) is 8.74. The Morgan fingerprint density at radius 2 is 1.89 bits per heavy atom. The fraction of sp³-hybridized carbons (Fsp3) is 0.238. The molecule has 146 valence electrons. The molecular weight excluding hydrogens is 379 g/mol. The molecular formula is C21H21FN2O3S. The summed E-state index contributed by atoms with van der Waals surface area (Å²) in [6.45, 7) is 3.86. The Labute approximate surface area is 167 Å². The van der Waals surface area contributed by atoms with E-state index in [2.05, 4.69) is 4.99 Å². The minimum absolute atomic E-state index is 0.0429. The smallest absolute Gasteiger partial charge is 0.266 e. The van der Waals surface area contributed by atoms with Gasteiger partial charge in [0.2, 0.25) is 0 Å². The minimum atomic E-state index is -0.330. The van der Waals surface area contributed by atoms with Crippen LogP contribution >= 0.6 is 11.8 Å². The highest BCUT2D eigenvalue weighted by molar-refractivity contribution is 8.18. The molecule has 7 heteroatoms. The largest absolute Gasteiger partial charge is 0.493 e. The number of methoxy groups -OCH3 is 1. The van der Waals surface area contributed by atoms with Gasteiger partial charge in [-0.1, -0.05) is 12.1 Å². The number of rotatable bonds is 5. The van der Waals surface area contributed by atoms with Crippen LogP contribution < -0.4 is 9.47 Å². The van der Waals surface area contributed by atoms with E-state index in [0.717, 1.165) is 5.56 Å². The number of carbonyl (C=O) groups excluding carboxylic acids is 1. The molecule has 0 radical (unpaired) electrons. The van der Waals surface area contributed by atoms with Gasteiger partial charge in [-0.05, 0) is 62.0 Å². The van der Waals surface area contributed by atoms with Gasteiger partial charge in [-0.3, -0.25) is 9.69 Å². The van der Waals surface area contributed by atoms with Crippen LogP contribution in [0.4, 0.5) is 10.1 Å². The Balaban J connectivity index is 1.95. The lowest BCUT2D eigenvalue weighted by Crippen LogP contribution is -2.23. The maximum Gasteiger partial charge on any atom is 0.266 e. The van der Waals surface area contributed by atoms with Crippen molar-refractivity contribution in [3.05, 3.63) is 58.8 Å². The third-order valence-corrected chi connectivity index (χ3v) is 4.98. The summed E-state index contributed by atoms with van der Waals surface area (Å²) in [6.07, 6.45) is 1.73. The number of halogens is 1. The number of likely N-dealkylation sites (N-methyl/N-ethyl adjacent to an activating group) is 1. The minimum Gasteiger partial charge on any atom is -0.493 e. The van der Waals surface area contributed by atoms with Gasteiger partial charge in [0.15, 0.2) is 16.7 Å². The Morgan fingerprint density at radius 1 is 1.18 bits per heavy atom. The standard InChI is InChI=1S/C21H21FN2O3S/c1-13(2)27-19-14(6-5-7-17(19)26-4)12-18-20(25)24(3)21(28-18)23-16-10-8-15(22)9-11-16/h5-13H,1-4H3/b18-12-,23-21?. The molecule has 2 aromatic rings. The van der Waals surface area contributed by atoms with E-state index in [1.165, 1.54) is 28.8 Å². The van der Waals surface area contributed by atoms with Crippen molar-refractivity contribution in [3.63, 3.8) is 0 Å². The van der Waals surface area contributed by atoms with E-state index < -0.39 is 0 Å². The first kappa shape index (κ1) is 19.9.